The van der Waals surface area contributed by atoms with Crippen LogP contribution in [0.2, 0.25) is 5.02 Å². The Bertz CT molecular complexity index is 1190. The van der Waals surface area contributed by atoms with Crippen molar-refractivity contribution in [2.24, 2.45) is 5.92 Å². The van der Waals surface area contributed by atoms with Crippen LogP contribution in [0.5, 0.6) is 11.5 Å². The quantitative estimate of drug-likeness (QED) is 0.499. The first-order valence-corrected chi connectivity index (χ1v) is 13.9. The summed E-state index contributed by atoms with van der Waals surface area (Å²) < 4.78 is 37.5. The fourth-order valence-corrected chi connectivity index (χ4v) is 4.59. The molecule has 0 aliphatic carbocycles. The largest absolute Gasteiger partial charge is 0.486 e. The van der Waals surface area contributed by atoms with Crippen molar-refractivity contribution in [3.8, 4) is 11.5 Å². The van der Waals surface area contributed by atoms with Gasteiger partial charge in [0.1, 0.15) is 25.8 Å². The lowest BCUT2D eigenvalue weighted by Crippen LogP contribution is -2.51. The van der Waals surface area contributed by atoms with Gasteiger partial charge in [-0.3, -0.25) is 13.9 Å². The normalized spacial score (nSPS) is 13.7. The van der Waals surface area contributed by atoms with E-state index in [9.17, 15) is 18.0 Å². The molecule has 11 heteroatoms. The van der Waals surface area contributed by atoms with Gasteiger partial charge in [-0.15, -0.1) is 0 Å². The molecule has 3 rings (SSSR count). The lowest BCUT2D eigenvalue weighted by molar-refractivity contribution is -0.139. The van der Waals surface area contributed by atoms with Crippen molar-refractivity contribution in [1.82, 2.24) is 10.2 Å². The van der Waals surface area contributed by atoms with E-state index in [0.29, 0.717) is 36.3 Å². The van der Waals surface area contributed by atoms with Gasteiger partial charge in [-0.05, 0) is 42.7 Å². The first-order valence-electron chi connectivity index (χ1n) is 11.6. The van der Waals surface area contributed by atoms with Crippen molar-refractivity contribution in [2.45, 2.75) is 33.4 Å². The summed E-state index contributed by atoms with van der Waals surface area (Å²) in [6.45, 7) is 6.37. The Balaban J connectivity index is 1.89. The molecule has 0 unspecified atom stereocenters. The van der Waals surface area contributed by atoms with Gasteiger partial charge in [0.15, 0.2) is 11.5 Å². The SMILES string of the molecule is CC(C)CNC(=O)[C@H](C)N(Cc1ccc(Cl)cc1)C(=O)CN(c1ccc2c(c1)OCCO2)S(C)(=O)=O. The van der Waals surface area contributed by atoms with Gasteiger partial charge in [0, 0.05) is 24.2 Å². The van der Waals surface area contributed by atoms with E-state index < -0.39 is 28.5 Å². The molecule has 196 valence electrons. The van der Waals surface area contributed by atoms with E-state index in [1.165, 1.54) is 11.0 Å². The van der Waals surface area contributed by atoms with Gasteiger partial charge in [0.25, 0.3) is 0 Å². The van der Waals surface area contributed by atoms with Crippen molar-refractivity contribution in [2.75, 3.05) is 36.9 Å². The standard InChI is InChI=1S/C25H32ClN3O6S/c1-17(2)14-27-25(31)18(3)28(15-19-5-7-20(26)8-6-19)24(30)16-29(36(4,32)33)21-9-10-22-23(13-21)35-12-11-34-22/h5-10,13,17-18H,11-12,14-16H2,1-4H3,(H,27,31)/t18-/m0/s1. The van der Waals surface area contributed by atoms with E-state index in [1.54, 1.807) is 43.3 Å². The van der Waals surface area contributed by atoms with Gasteiger partial charge >= 0.3 is 0 Å². The molecular weight excluding hydrogens is 506 g/mol. The summed E-state index contributed by atoms with van der Waals surface area (Å²) in [7, 11) is -3.85. The second-order valence-corrected chi connectivity index (χ2v) is 11.4. The molecule has 0 fully saturated rings. The Kier molecular flexibility index (Phi) is 9.08. The fraction of sp³-hybridized carbons (Fsp3) is 0.440. The molecule has 0 bridgehead atoms. The first-order chi connectivity index (χ1) is 17.0. The summed E-state index contributed by atoms with van der Waals surface area (Å²) in [6, 6.07) is 10.8. The maximum atomic E-state index is 13.6. The summed E-state index contributed by atoms with van der Waals surface area (Å²) >= 11 is 5.99. The van der Waals surface area contributed by atoms with E-state index in [1.807, 2.05) is 13.8 Å². The van der Waals surface area contributed by atoms with Gasteiger partial charge in [0.05, 0.1) is 11.9 Å². The summed E-state index contributed by atoms with van der Waals surface area (Å²) in [5.41, 5.74) is 1.01. The second-order valence-electron chi connectivity index (χ2n) is 9.06. The third-order valence-corrected chi connectivity index (χ3v) is 7.00. The molecule has 1 atom stereocenters. The van der Waals surface area contributed by atoms with E-state index in [2.05, 4.69) is 5.32 Å². The van der Waals surface area contributed by atoms with Crippen molar-refractivity contribution in [3.63, 3.8) is 0 Å². The minimum atomic E-state index is -3.85. The Morgan fingerprint density at radius 3 is 2.28 bits per heavy atom. The number of ether oxygens (including phenoxy) is 2. The predicted octanol–water partition coefficient (Wildman–Crippen LogP) is 3.07. The van der Waals surface area contributed by atoms with Gasteiger partial charge in [0.2, 0.25) is 21.8 Å². The average molecular weight is 538 g/mol. The number of nitrogens with one attached hydrogen (secondary N) is 1. The third-order valence-electron chi connectivity index (χ3n) is 5.61. The highest BCUT2D eigenvalue weighted by Crippen LogP contribution is 2.34. The van der Waals surface area contributed by atoms with Crippen LogP contribution in [-0.2, 0) is 26.2 Å². The molecule has 2 aromatic rings. The molecule has 1 aliphatic heterocycles. The number of anilines is 1. The molecule has 1 aliphatic rings. The van der Waals surface area contributed by atoms with Gasteiger partial charge in [-0.25, -0.2) is 8.42 Å². The number of carbonyl (C=O) groups excluding carboxylic acids is 2. The lowest BCUT2D eigenvalue weighted by atomic mass is 10.1. The molecule has 1 N–H and O–H groups in total. The van der Waals surface area contributed by atoms with Crippen molar-refractivity contribution < 1.29 is 27.5 Å². The zero-order chi connectivity index (χ0) is 26.5. The highest BCUT2D eigenvalue weighted by molar-refractivity contribution is 7.92. The van der Waals surface area contributed by atoms with E-state index in [0.717, 1.165) is 16.1 Å². The molecule has 0 saturated heterocycles. The lowest BCUT2D eigenvalue weighted by Gasteiger charge is -2.32. The average Bonchev–Trinajstić information content (AvgIpc) is 2.83. The number of nitrogens with zero attached hydrogens (tertiary/aromatic N) is 2. The Hall–Kier alpha value is -2.98. The number of benzene rings is 2. The molecule has 0 aromatic heterocycles. The summed E-state index contributed by atoms with van der Waals surface area (Å²) in [5.74, 6) is 0.287. The van der Waals surface area contributed by atoms with Crippen LogP contribution in [0, 0.1) is 5.92 Å². The number of rotatable bonds is 10. The van der Waals surface area contributed by atoms with Crippen LogP contribution in [-0.4, -0.2) is 63.7 Å². The molecule has 2 amide bonds. The minimum absolute atomic E-state index is 0.102. The van der Waals surface area contributed by atoms with Gasteiger partial charge in [-0.2, -0.15) is 0 Å². The number of fused-ring (bicyclic) bond motifs is 1. The Labute approximate surface area is 217 Å². The number of sulfonamides is 1. The molecule has 9 nitrogen and oxygen atoms in total. The number of amides is 2. The van der Waals surface area contributed by atoms with E-state index in [-0.39, 0.29) is 24.1 Å². The van der Waals surface area contributed by atoms with Crippen molar-refractivity contribution in [1.29, 1.82) is 0 Å². The van der Waals surface area contributed by atoms with Crippen LogP contribution < -0.4 is 19.1 Å². The van der Waals surface area contributed by atoms with E-state index >= 15 is 0 Å². The van der Waals surface area contributed by atoms with Gasteiger partial charge in [-0.1, -0.05) is 37.6 Å². The van der Waals surface area contributed by atoms with Crippen LogP contribution in [0.15, 0.2) is 42.5 Å². The van der Waals surface area contributed by atoms with Crippen LogP contribution in [0.1, 0.15) is 26.3 Å². The van der Waals surface area contributed by atoms with Crippen LogP contribution in [0.4, 0.5) is 5.69 Å². The second kappa shape index (κ2) is 11.8. The van der Waals surface area contributed by atoms with Crippen LogP contribution in [0.3, 0.4) is 0 Å². The maximum Gasteiger partial charge on any atom is 0.244 e. The van der Waals surface area contributed by atoms with Crippen molar-refractivity contribution >= 4 is 39.1 Å². The zero-order valence-corrected chi connectivity index (χ0v) is 22.4. The maximum absolute atomic E-state index is 13.6. The van der Waals surface area contributed by atoms with Gasteiger partial charge < -0.3 is 19.7 Å². The topological polar surface area (TPSA) is 105 Å². The molecule has 1 heterocycles. The fourth-order valence-electron chi connectivity index (χ4n) is 3.62. The van der Waals surface area contributed by atoms with Crippen molar-refractivity contribution in [3.05, 3.63) is 53.1 Å². The zero-order valence-electron chi connectivity index (χ0n) is 20.9. The monoisotopic (exact) mass is 537 g/mol. The highest BCUT2D eigenvalue weighted by atomic mass is 35.5. The highest BCUT2D eigenvalue weighted by Gasteiger charge is 2.30. The Morgan fingerprint density at radius 1 is 1.03 bits per heavy atom. The molecule has 0 spiro atoms. The first kappa shape index (κ1) is 27.6. The number of carbonyl (C=O) groups is 2. The van der Waals surface area contributed by atoms with E-state index in [4.69, 9.17) is 21.1 Å². The predicted molar refractivity (Wildman–Crippen MR) is 139 cm³/mol. The summed E-state index contributed by atoms with van der Waals surface area (Å²) in [5, 5.41) is 3.39. The number of halogens is 1. The molecule has 0 radical (unpaired) electrons. The molecule has 0 saturated carbocycles. The number of hydrogen-bond donors (Lipinski definition) is 1. The Morgan fingerprint density at radius 2 is 1.67 bits per heavy atom. The molecule has 2 aromatic carbocycles. The number of hydrogen-bond acceptors (Lipinski definition) is 6. The van der Waals surface area contributed by atoms with Crippen LogP contribution >= 0.6 is 11.6 Å². The summed E-state index contributed by atoms with van der Waals surface area (Å²) in [6.07, 6.45) is 1.03. The smallest absolute Gasteiger partial charge is 0.244 e. The molecular formula is C25H32ClN3O6S. The minimum Gasteiger partial charge on any atom is -0.486 e. The van der Waals surface area contributed by atoms with Crippen LogP contribution in [0.25, 0.3) is 0 Å². The molecule has 36 heavy (non-hydrogen) atoms. The third kappa shape index (κ3) is 7.27. The summed E-state index contributed by atoms with van der Waals surface area (Å²) in [4.78, 5) is 27.8.